The molecule has 2 rings (SSSR count). The van der Waals surface area contributed by atoms with Crippen molar-refractivity contribution < 1.29 is 9.53 Å². The molecule has 0 fully saturated rings. The van der Waals surface area contributed by atoms with Crippen LogP contribution in [0.3, 0.4) is 0 Å². The molecular formula is C14H16BrNO2. The molecule has 1 N–H and O–H groups in total. The van der Waals surface area contributed by atoms with Crippen molar-refractivity contribution in [2.24, 2.45) is 0 Å². The SMILES string of the molecule is O=C(CCC1=CCNCC1)Oc1cccc(Br)c1. The highest BCUT2D eigenvalue weighted by molar-refractivity contribution is 9.10. The Labute approximate surface area is 115 Å². The van der Waals surface area contributed by atoms with Gasteiger partial charge < -0.3 is 10.1 Å². The molecule has 0 amide bonds. The molecule has 4 heteroatoms. The van der Waals surface area contributed by atoms with Gasteiger partial charge in [0.1, 0.15) is 5.75 Å². The molecule has 1 aliphatic heterocycles. The van der Waals surface area contributed by atoms with Gasteiger partial charge in [0.15, 0.2) is 0 Å². The number of benzene rings is 1. The maximum absolute atomic E-state index is 11.7. The summed E-state index contributed by atoms with van der Waals surface area (Å²) in [4.78, 5) is 11.7. The Kier molecular flexibility index (Phi) is 4.96. The van der Waals surface area contributed by atoms with Gasteiger partial charge in [0.2, 0.25) is 0 Å². The summed E-state index contributed by atoms with van der Waals surface area (Å²) in [7, 11) is 0. The van der Waals surface area contributed by atoms with Crippen molar-refractivity contribution in [3.63, 3.8) is 0 Å². The molecule has 1 aromatic carbocycles. The summed E-state index contributed by atoms with van der Waals surface area (Å²) >= 11 is 3.35. The Morgan fingerprint density at radius 3 is 3.06 bits per heavy atom. The number of hydrogen-bond acceptors (Lipinski definition) is 3. The van der Waals surface area contributed by atoms with Gasteiger partial charge >= 0.3 is 5.97 Å². The van der Waals surface area contributed by atoms with Gasteiger partial charge in [0.25, 0.3) is 0 Å². The average molecular weight is 310 g/mol. The first kappa shape index (κ1) is 13.3. The standard InChI is InChI=1S/C14H16BrNO2/c15-12-2-1-3-13(10-12)18-14(17)5-4-11-6-8-16-9-7-11/h1-3,6,10,16H,4-5,7-9H2. The van der Waals surface area contributed by atoms with Crippen molar-refractivity contribution in [3.8, 4) is 5.75 Å². The molecule has 1 aliphatic rings. The Balaban J connectivity index is 1.80. The first-order valence-electron chi connectivity index (χ1n) is 6.09. The molecule has 18 heavy (non-hydrogen) atoms. The van der Waals surface area contributed by atoms with Crippen LogP contribution in [0.15, 0.2) is 40.4 Å². The van der Waals surface area contributed by atoms with Gasteiger partial charge in [-0.25, -0.2) is 0 Å². The lowest BCUT2D eigenvalue weighted by Crippen LogP contribution is -2.21. The van der Waals surface area contributed by atoms with Crippen molar-refractivity contribution in [1.82, 2.24) is 5.32 Å². The van der Waals surface area contributed by atoms with Crippen molar-refractivity contribution in [2.45, 2.75) is 19.3 Å². The molecule has 0 saturated heterocycles. The van der Waals surface area contributed by atoms with E-state index in [9.17, 15) is 4.79 Å². The van der Waals surface area contributed by atoms with E-state index >= 15 is 0 Å². The Bertz CT molecular complexity index is 457. The van der Waals surface area contributed by atoms with E-state index in [1.54, 1.807) is 12.1 Å². The second-order valence-corrected chi connectivity index (χ2v) is 5.16. The highest BCUT2D eigenvalue weighted by Crippen LogP contribution is 2.19. The highest BCUT2D eigenvalue weighted by atomic mass is 79.9. The van der Waals surface area contributed by atoms with Gasteiger partial charge in [-0.3, -0.25) is 4.79 Å². The van der Waals surface area contributed by atoms with Crippen molar-refractivity contribution in [3.05, 3.63) is 40.4 Å². The van der Waals surface area contributed by atoms with E-state index < -0.39 is 0 Å². The number of hydrogen-bond donors (Lipinski definition) is 1. The topological polar surface area (TPSA) is 38.3 Å². The summed E-state index contributed by atoms with van der Waals surface area (Å²) in [6, 6.07) is 7.33. The van der Waals surface area contributed by atoms with E-state index in [1.165, 1.54) is 5.57 Å². The maximum Gasteiger partial charge on any atom is 0.311 e. The van der Waals surface area contributed by atoms with Gasteiger partial charge in [-0.2, -0.15) is 0 Å². The first-order valence-corrected chi connectivity index (χ1v) is 6.88. The van der Waals surface area contributed by atoms with Crippen molar-refractivity contribution in [1.29, 1.82) is 0 Å². The molecule has 96 valence electrons. The van der Waals surface area contributed by atoms with E-state index in [0.29, 0.717) is 12.2 Å². The zero-order valence-corrected chi connectivity index (χ0v) is 11.7. The zero-order valence-electron chi connectivity index (χ0n) is 10.1. The second kappa shape index (κ2) is 6.71. The number of rotatable bonds is 4. The van der Waals surface area contributed by atoms with Crippen molar-refractivity contribution >= 4 is 21.9 Å². The summed E-state index contributed by atoms with van der Waals surface area (Å²) in [5, 5.41) is 3.25. The summed E-state index contributed by atoms with van der Waals surface area (Å²) < 4.78 is 6.19. The quantitative estimate of drug-likeness (QED) is 0.528. The Hall–Kier alpha value is -1.13. The van der Waals surface area contributed by atoms with E-state index in [1.807, 2.05) is 12.1 Å². The van der Waals surface area contributed by atoms with Crippen LogP contribution in [0.4, 0.5) is 0 Å². The van der Waals surface area contributed by atoms with Crippen LogP contribution >= 0.6 is 15.9 Å². The fourth-order valence-corrected chi connectivity index (χ4v) is 2.25. The number of nitrogens with one attached hydrogen (secondary N) is 1. The first-order chi connectivity index (χ1) is 8.74. The van der Waals surface area contributed by atoms with Gasteiger partial charge in [-0.15, -0.1) is 0 Å². The predicted octanol–water partition coefficient (Wildman–Crippen LogP) is 3.05. The lowest BCUT2D eigenvalue weighted by molar-refractivity contribution is -0.134. The number of halogens is 1. The molecule has 0 aliphatic carbocycles. The minimum Gasteiger partial charge on any atom is -0.426 e. The summed E-state index contributed by atoms with van der Waals surface area (Å²) in [5.74, 6) is 0.418. The molecule has 3 nitrogen and oxygen atoms in total. The third-order valence-electron chi connectivity index (χ3n) is 2.84. The van der Waals surface area contributed by atoms with Crippen LogP contribution < -0.4 is 10.1 Å². The molecule has 0 unspecified atom stereocenters. The van der Waals surface area contributed by atoms with E-state index in [0.717, 1.165) is 30.4 Å². The molecule has 0 saturated carbocycles. The lowest BCUT2D eigenvalue weighted by Gasteiger charge is -2.13. The monoisotopic (exact) mass is 309 g/mol. The second-order valence-electron chi connectivity index (χ2n) is 4.25. The molecule has 0 bridgehead atoms. The summed E-state index contributed by atoms with van der Waals surface area (Å²) in [6.07, 6.45) is 4.44. The predicted molar refractivity (Wildman–Crippen MR) is 74.6 cm³/mol. The summed E-state index contributed by atoms with van der Waals surface area (Å²) in [5.41, 5.74) is 1.35. The van der Waals surface area contributed by atoms with Gasteiger partial charge in [0, 0.05) is 17.4 Å². The number of ether oxygens (including phenoxy) is 1. The number of carbonyl (C=O) groups is 1. The summed E-state index contributed by atoms with van der Waals surface area (Å²) in [6.45, 7) is 1.92. The maximum atomic E-state index is 11.7. The third-order valence-corrected chi connectivity index (χ3v) is 3.33. The van der Waals surface area contributed by atoms with Crippen LogP contribution in [0, 0.1) is 0 Å². The number of carbonyl (C=O) groups excluding carboxylic acids is 1. The zero-order chi connectivity index (χ0) is 12.8. The molecule has 0 radical (unpaired) electrons. The molecule has 0 aromatic heterocycles. The van der Waals surface area contributed by atoms with E-state index in [2.05, 4.69) is 27.3 Å². The molecule has 0 spiro atoms. The largest absolute Gasteiger partial charge is 0.426 e. The average Bonchev–Trinajstić information content (AvgIpc) is 2.38. The van der Waals surface area contributed by atoms with Crippen LogP contribution in [0.2, 0.25) is 0 Å². The van der Waals surface area contributed by atoms with Gasteiger partial charge in [0.05, 0.1) is 0 Å². The van der Waals surface area contributed by atoms with E-state index in [-0.39, 0.29) is 5.97 Å². The van der Waals surface area contributed by atoms with Crippen LogP contribution in [0.1, 0.15) is 19.3 Å². The smallest absolute Gasteiger partial charge is 0.311 e. The fraction of sp³-hybridized carbons (Fsp3) is 0.357. The van der Waals surface area contributed by atoms with Gasteiger partial charge in [-0.05, 0) is 37.6 Å². The fourth-order valence-electron chi connectivity index (χ4n) is 1.87. The van der Waals surface area contributed by atoms with Gasteiger partial charge in [-0.1, -0.05) is 33.6 Å². The highest BCUT2D eigenvalue weighted by Gasteiger charge is 2.08. The lowest BCUT2D eigenvalue weighted by atomic mass is 10.0. The third kappa shape index (κ3) is 4.27. The van der Waals surface area contributed by atoms with Crippen LogP contribution in [0.25, 0.3) is 0 Å². The van der Waals surface area contributed by atoms with E-state index in [4.69, 9.17) is 4.74 Å². The minimum absolute atomic E-state index is 0.174. The molecule has 0 atom stereocenters. The van der Waals surface area contributed by atoms with Crippen molar-refractivity contribution in [2.75, 3.05) is 13.1 Å². The minimum atomic E-state index is -0.174. The molecular weight excluding hydrogens is 294 g/mol. The Morgan fingerprint density at radius 2 is 2.33 bits per heavy atom. The van der Waals surface area contributed by atoms with Crippen LogP contribution in [-0.4, -0.2) is 19.1 Å². The molecule has 1 aromatic rings. The normalized spacial score (nSPS) is 15.1. The number of esters is 1. The van der Waals surface area contributed by atoms with Crippen LogP contribution in [0.5, 0.6) is 5.75 Å². The Morgan fingerprint density at radius 1 is 1.44 bits per heavy atom. The molecule has 1 heterocycles. The van der Waals surface area contributed by atoms with Crippen LogP contribution in [-0.2, 0) is 4.79 Å².